The molecule has 0 spiro atoms. The molecule has 8 heteroatoms. The molecule has 0 aliphatic heterocycles. The van der Waals surface area contributed by atoms with E-state index in [1.807, 2.05) is 36.4 Å². The van der Waals surface area contributed by atoms with Gasteiger partial charge in [0.1, 0.15) is 5.69 Å². The summed E-state index contributed by atoms with van der Waals surface area (Å²) in [5, 5.41) is 11.3. The molecule has 0 saturated heterocycles. The molecule has 0 fully saturated rings. The largest absolute Gasteiger partial charge is 0.493 e. The fourth-order valence-electron chi connectivity index (χ4n) is 2.19. The summed E-state index contributed by atoms with van der Waals surface area (Å²) in [5.74, 6) is 1.75. The van der Waals surface area contributed by atoms with Crippen LogP contribution in [0.1, 0.15) is 5.56 Å². The van der Waals surface area contributed by atoms with E-state index in [1.54, 1.807) is 26.6 Å². The number of methoxy groups -OCH3 is 2. The molecule has 0 aliphatic carbocycles. The molecule has 1 N–H and O–H groups in total. The first kappa shape index (κ1) is 15.9. The molecule has 0 unspecified atom stereocenters. The summed E-state index contributed by atoms with van der Waals surface area (Å²) in [4.78, 5) is 4.27. The highest BCUT2D eigenvalue weighted by molar-refractivity contribution is 7.71. The highest BCUT2D eigenvalue weighted by Crippen LogP contribution is 2.29. The van der Waals surface area contributed by atoms with Crippen molar-refractivity contribution in [1.82, 2.24) is 19.9 Å². The summed E-state index contributed by atoms with van der Waals surface area (Å²) in [6.45, 7) is 0. The van der Waals surface area contributed by atoms with Gasteiger partial charge in [-0.2, -0.15) is 14.9 Å². The second kappa shape index (κ2) is 7.05. The maximum atomic E-state index is 5.40. The first-order valence-corrected chi connectivity index (χ1v) is 7.49. The van der Waals surface area contributed by atoms with Crippen LogP contribution in [-0.4, -0.2) is 40.3 Å². The summed E-state index contributed by atoms with van der Waals surface area (Å²) < 4.78 is 12.6. The Labute approximate surface area is 143 Å². The summed E-state index contributed by atoms with van der Waals surface area (Å²) in [6, 6.07) is 11.1. The number of rotatable bonds is 5. The first-order chi connectivity index (χ1) is 11.7. The minimum atomic E-state index is 0.369. The fraction of sp³-hybridized carbons (Fsp3) is 0.125. The summed E-state index contributed by atoms with van der Waals surface area (Å²) in [5.41, 5.74) is 1.42. The number of hydrogen-bond acceptors (Lipinski definition) is 6. The van der Waals surface area contributed by atoms with Crippen LogP contribution in [0.5, 0.6) is 11.5 Å². The number of hydrogen-bond donors (Lipinski definition) is 1. The number of aromatic amines is 1. The Bertz CT molecular complexity index is 918. The average molecular weight is 341 g/mol. The van der Waals surface area contributed by atoms with Crippen molar-refractivity contribution in [3.63, 3.8) is 0 Å². The van der Waals surface area contributed by atoms with Gasteiger partial charge in [0.15, 0.2) is 11.5 Å². The van der Waals surface area contributed by atoms with E-state index in [1.165, 1.54) is 4.68 Å². The predicted molar refractivity (Wildman–Crippen MR) is 93.2 cm³/mol. The lowest BCUT2D eigenvalue weighted by molar-refractivity contribution is 0.354. The lowest BCUT2D eigenvalue weighted by atomic mass is 10.2. The van der Waals surface area contributed by atoms with Gasteiger partial charge in [0, 0.05) is 11.8 Å². The van der Waals surface area contributed by atoms with Crippen molar-refractivity contribution in [3.8, 4) is 23.0 Å². The zero-order valence-electron chi connectivity index (χ0n) is 13.1. The number of nitrogens with one attached hydrogen (secondary N) is 1. The molecule has 24 heavy (non-hydrogen) atoms. The average Bonchev–Trinajstić information content (AvgIpc) is 3.00. The van der Waals surface area contributed by atoms with E-state index in [4.69, 9.17) is 21.7 Å². The molecule has 2 heterocycles. The monoisotopic (exact) mass is 341 g/mol. The Morgan fingerprint density at radius 2 is 2.04 bits per heavy atom. The van der Waals surface area contributed by atoms with Gasteiger partial charge in [0.05, 0.1) is 20.4 Å². The molecule has 0 aliphatic rings. The molecule has 3 aromatic rings. The fourth-order valence-corrected chi connectivity index (χ4v) is 2.37. The van der Waals surface area contributed by atoms with Crippen LogP contribution in [0, 0.1) is 4.77 Å². The number of para-hydroxylation sites is 1. The minimum absolute atomic E-state index is 0.369. The van der Waals surface area contributed by atoms with Crippen molar-refractivity contribution < 1.29 is 9.47 Å². The molecule has 122 valence electrons. The second-order valence-corrected chi connectivity index (χ2v) is 5.09. The van der Waals surface area contributed by atoms with Crippen LogP contribution in [-0.2, 0) is 0 Å². The molecule has 3 rings (SSSR count). The van der Waals surface area contributed by atoms with Crippen molar-refractivity contribution in [2.45, 2.75) is 0 Å². The second-order valence-electron chi connectivity index (χ2n) is 4.71. The zero-order chi connectivity index (χ0) is 16.9. The van der Waals surface area contributed by atoms with Gasteiger partial charge in [-0.3, -0.25) is 4.98 Å². The Kier molecular flexibility index (Phi) is 4.66. The number of H-pyrrole nitrogens is 1. The Morgan fingerprint density at radius 3 is 2.75 bits per heavy atom. The van der Waals surface area contributed by atoms with E-state index in [9.17, 15) is 0 Å². The zero-order valence-corrected chi connectivity index (χ0v) is 13.9. The number of pyridine rings is 1. The molecule has 1 aromatic carbocycles. The van der Waals surface area contributed by atoms with Crippen molar-refractivity contribution >= 4 is 18.4 Å². The van der Waals surface area contributed by atoms with Crippen molar-refractivity contribution in [2.75, 3.05) is 14.2 Å². The van der Waals surface area contributed by atoms with Crippen LogP contribution in [0.15, 0.2) is 47.7 Å². The van der Waals surface area contributed by atoms with Crippen LogP contribution >= 0.6 is 12.2 Å². The van der Waals surface area contributed by atoms with Gasteiger partial charge in [0.2, 0.25) is 10.6 Å². The number of nitrogens with zero attached hydrogens (tertiary/aromatic N) is 4. The van der Waals surface area contributed by atoms with Crippen molar-refractivity contribution in [1.29, 1.82) is 0 Å². The number of ether oxygens (including phenoxy) is 2. The maximum absolute atomic E-state index is 5.40. The highest BCUT2D eigenvalue weighted by Gasteiger charge is 2.10. The van der Waals surface area contributed by atoms with Gasteiger partial charge in [-0.05, 0) is 36.5 Å². The topological polar surface area (TPSA) is 77.3 Å². The first-order valence-electron chi connectivity index (χ1n) is 7.08. The van der Waals surface area contributed by atoms with Gasteiger partial charge in [0.25, 0.3) is 0 Å². The summed E-state index contributed by atoms with van der Waals surface area (Å²) >= 11 is 5.25. The lowest BCUT2D eigenvalue weighted by Gasteiger charge is -2.09. The Morgan fingerprint density at radius 1 is 1.17 bits per heavy atom. The third kappa shape index (κ3) is 3.04. The minimum Gasteiger partial charge on any atom is -0.493 e. The van der Waals surface area contributed by atoms with Gasteiger partial charge < -0.3 is 9.47 Å². The number of aromatic nitrogens is 4. The molecule has 0 amide bonds. The molecular weight excluding hydrogens is 326 g/mol. The van der Waals surface area contributed by atoms with Gasteiger partial charge >= 0.3 is 0 Å². The number of benzene rings is 1. The van der Waals surface area contributed by atoms with E-state index in [2.05, 4.69) is 20.3 Å². The summed E-state index contributed by atoms with van der Waals surface area (Å²) in [6.07, 6.45) is 3.32. The molecule has 0 bridgehead atoms. The SMILES string of the molecule is COc1cccc(/C=N/n2c(-c3ccccn3)n[nH]c2=S)c1OC. The van der Waals surface area contributed by atoms with Crippen molar-refractivity contribution in [2.24, 2.45) is 5.10 Å². The quantitative estimate of drug-likeness (QED) is 0.570. The van der Waals surface area contributed by atoms with Gasteiger partial charge in [-0.15, -0.1) is 0 Å². The molecular formula is C16H15N5O2S. The van der Waals surface area contributed by atoms with Crippen LogP contribution in [0.2, 0.25) is 0 Å². The van der Waals surface area contributed by atoms with E-state index in [0.717, 1.165) is 5.56 Å². The molecule has 0 radical (unpaired) electrons. The van der Waals surface area contributed by atoms with E-state index in [0.29, 0.717) is 27.8 Å². The van der Waals surface area contributed by atoms with Crippen LogP contribution in [0.4, 0.5) is 0 Å². The van der Waals surface area contributed by atoms with E-state index < -0.39 is 0 Å². The van der Waals surface area contributed by atoms with Crippen LogP contribution in [0.3, 0.4) is 0 Å². The molecule has 0 atom stereocenters. The third-order valence-corrected chi connectivity index (χ3v) is 3.55. The summed E-state index contributed by atoms with van der Waals surface area (Å²) in [7, 11) is 3.17. The maximum Gasteiger partial charge on any atom is 0.216 e. The lowest BCUT2D eigenvalue weighted by Crippen LogP contribution is -1.98. The predicted octanol–water partition coefficient (Wildman–Crippen LogP) is 2.90. The van der Waals surface area contributed by atoms with Crippen LogP contribution in [0.25, 0.3) is 11.5 Å². The van der Waals surface area contributed by atoms with E-state index >= 15 is 0 Å². The molecule has 7 nitrogen and oxygen atoms in total. The van der Waals surface area contributed by atoms with Gasteiger partial charge in [-0.1, -0.05) is 12.1 Å². The standard InChI is InChI=1S/C16H15N5O2S/c1-22-13-8-5-6-11(14(13)23-2)10-18-21-15(19-20-16(21)24)12-7-3-4-9-17-12/h3-10H,1-2H3,(H,20,24)/b18-10+. The molecule has 2 aromatic heterocycles. The highest BCUT2D eigenvalue weighted by atomic mass is 32.1. The van der Waals surface area contributed by atoms with E-state index in [-0.39, 0.29) is 0 Å². The smallest absolute Gasteiger partial charge is 0.216 e. The van der Waals surface area contributed by atoms with Crippen molar-refractivity contribution in [3.05, 3.63) is 52.9 Å². The van der Waals surface area contributed by atoms with Crippen LogP contribution < -0.4 is 9.47 Å². The molecule has 0 saturated carbocycles. The Hall–Kier alpha value is -3.00. The third-order valence-electron chi connectivity index (χ3n) is 3.29. The Balaban J connectivity index is 2.03. The van der Waals surface area contributed by atoms with Gasteiger partial charge in [-0.25, -0.2) is 5.10 Å². The normalized spacial score (nSPS) is 10.9.